The van der Waals surface area contributed by atoms with Crippen molar-refractivity contribution in [3.63, 3.8) is 0 Å². The number of thiazole rings is 1. The lowest BCUT2D eigenvalue weighted by atomic mass is 10.1. The molecule has 0 radical (unpaired) electrons. The summed E-state index contributed by atoms with van der Waals surface area (Å²) in [6.07, 6.45) is 2.15. The van der Waals surface area contributed by atoms with Gasteiger partial charge in [-0.2, -0.15) is 0 Å². The fourth-order valence-electron chi connectivity index (χ4n) is 3.33. The standard InChI is InChI=1S/C20H25N3O4S/c1-13-22-15(12-28-13)6-7-21-19(24)18-5-4-8-23(18)20(25)14-9-16(26-2)11-17(10-14)27-3/h9-12,18H,4-8H2,1-3H3,(H,21,24)/t18-/m1/s1. The number of ether oxygens (including phenoxy) is 2. The molecular weight excluding hydrogens is 378 g/mol. The van der Waals surface area contributed by atoms with Crippen LogP contribution in [0.5, 0.6) is 11.5 Å². The summed E-state index contributed by atoms with van der Waals surface area (Å²) >= 11 is 1.60. The number of nitrogens with one attached hydrogen (secondary N) is 1. The number of amides is 2. The van der Waals surface area contributed by atoms with Gasteiger partial charge in [0.2, 0.25) is 5.91 Å². The average Bonchev–Trinajstić information content (AvgIpc) is 3.36. The third kappa shape index (κ3) is 4.62. The second kappa shape index (κ2) is 9.05. The number of hydrogen-bond donors (Lipinski definition) is 1. The molecule has 3 rings (SSSR count). The minimum Gasteiger partial charge on any atom is -0.497 e. The predicted molar refractivity (Wildman–Crippen MR) is 107 cm³/mol. The minimum absolute atomic E-state index is 0.118. The smallest absolute Gasteiger partial charge is 0.254 e. The van der Waals surface area contributed by atoms with E-state index in [2.05, 4.69) is 10.3 Å². The van der Waals surface area contributed by atoms with Crippen LogP contribution in [0.4, 0.5) is 0 Å². The maximum Gasteiger partial charge on any atom is 0.254 e. The summed E-state index contributed by atoms with van der Waals surface area (Å²) in [6.45, 7) is 3.03. The summed E-state index contributed by atoms with van der Waals surface area (Å²) in [7, 11) is 3.08. The van der Waals surface area contributed by atoms with Crippen molar-refractivity contribution >= 4 is 23.2 Å². The van der Waals surface area contributed by atoms with Crippen LogP contribution < -0.4 is 14.8 Å². The number of aromatic nitrogens is 1. The monoisotopic (exact) mass is 403 g/mol. The van der Waals surface area contributed by atoms with Crippen molar-refractivity contribution in [2.75, 3.05) is 27.3 Å². The highest BCUT2D eigenvalue weighted by Crippen LogP contribution is 2.26. The van der Waals surface area contributed by atoms with Gasteiger partial charge in [0.1, 0.15) is 17.5 Å². The first kappa shape index (κ1) is 20.1. The first-order chi connectivity index (χ1) is 13.5. The van der Waals surface area contributed by atoms with Gasteiger partial charge in [0.15, 0.2) is 0 Å². The van der Waals surface area contributed by atoms with E-state index in [1.54, 1.807) is 48.7 Å². The molecule has 0 aliphatic carbocycles. The van der Waals surface area contributed by atoms with Gasteiger partial charge >= 0.3 is 0 Å². The molecule has 0 unspecified atom stereocenters. The Labute approximate surface area is 168 Å². The maximum absolute atomic E-state index is 13.0. The number of aryl methyl sites for hydroxylation is 1. The minimum atomic E-state index is -0.457. The van der Waals surface area contributed by atoms with E-state index in [1.807, 2.05) is 12.3 Å². The third-order valence-corrected chi connectivity index (χ3v) is 5.58. The molecule has 8 heteroatoms. The number of likely N-dealkylation sites (tertiary alicyclic amines) is 1. The van der Waals surface area contributed by atoms with Gasteiger partial charge in [-0.25, -0.2) is 4.98 Å². The number of carbonyl (C=O) groups is 2. The highest BCUT2D eigenvalue weighted by molar-refractivity contribution is 7.09. The molecule has 150 valence electrons. The van der Waals surface area contributed by atoms with Crippen molar-refractivity contribution in [3.05, 3.63) is 39.8 Å². The Morgan fingerprint density at radius 1 is 1.25 bits per heavy atom. The van der Waals surface area contributed by atoms with Gasteiger partial charge in [0.25, 0.3) is 5.91 Å². The number of methoxy groups -OCH3 is 2. The summed E-state index contributed by atoms with van der Waals surface area (Å²) in [5, 5.41) is 5.97. The predicted octanol–water partition coefficient (Wildman–Crippen LogP) is 2.43. The second-order valence-electron chi connectivity index (χ2n) is 6.66. The van der Waals surface area contributed by atoms with Crippen LogP contribution in [0, 0.1) is 6.92 Å². The topological polar surface area (TPSA) is 80.8 Å². The first-order valence-electron chi connectivity index (χ1n) is 9.24. The normalized spacial score (nSPS) is 16.1. The number of carbonyl (C=O) groups excluding carboxylic acids is 2. The Morgan fingerprint density at radius 2 is 1.96 bits per heavy atom. The quantitative estimate of drug-likeness (QED) is 0.768. The fraction of sp³-hybridized carbons (Fsp3) is 0.450. The van der Waals surface area contributed by atoms with Gasteiger partial charge in [0, 0.05) is 36.5 Å². The molecule has 28 heavy (non-hydrogen) atoms. The lowest BCUT2D eigenvalue weighted by Crippen LogP contribution is -2.46. The van der Waals surface area contributed by atoms with Crippen LogP contribution >= 0.6 is 11.3 Å². The largest absolute Gasteiger partial charge is 0.497 e. The van der Waals surface area contributed by atoms with Gasteiger partial charge in [-0.3, -0.25) is 9.59 Å². The van der Waals surface area contributed by atoms with E-state index in [-0.39, 0.29) is 11.8 Å². The molecule has 1 N–H and O–H groups in total. The van der Waals surface area contributed by atoms with Gasteiger partial charge < -0.3 is 19.7 Å². The second-order valence-corrected chi connectivity index (χ2v) is 7.72. The number of rotatable bonds is 7. The number of benzene rings is 1. The molecule has 2 heterocycles. The Bertz CT molecular complexity index is 829. The highest BCUT2D eigenvalue weighted by Gasteiger charge is 2.34. The van der Waals surface area contributed by atoms with Crippen molar-refractivity contribution in [2.24, 2.45) is 0 Å². The van der Waals surface area contributed by atoms with Gasteiger partial charge in [-0.15, -0.1) is 11.3 Å². The van der Waals surface area contributed by atoms with Crippen molar-refractivity contribution < 1.29 is 19.1 Å². The fourth-order valence-corrected chi connectivity index (χ4v) is 3.98. The van der Waals surface area contributed by atoms with Crippen molar-refractivity contribution in [2.45, 2.75) is 32.2 Å². The number of nitrogens with zero attached hydrogens (tertiary/aromatic N) is 2. The molecule has 2 amide bonds. The molecule has 1 aliphatic rings. The molecule has 1 atom stereocenters. The molecule has 1 aromatic carbocycles. The Morgan fingerprint density at radius 3 is 2.57 bits per heavy atom. The van der Waals surface area contributed by atoms with Crippen LogP contribution in [-0.4, -0.2) is 55.0 Å². The molecule has 7 nitrogen and oxygen atoms in total. The van der Waals surface area contributed by atoms with Crippen LogP contribution in [0.1, 0.15) is 33.9 Å². The van der Waals surface area contributed by atoms with Crippen LogP contribution in [-0.2, 0) is 11.2 Å². The lowest BCUT2D eigenvalue weighted by Gasteiger charge is -2.24. The van der Waals surface area contributed by atoms with Crippen molar-refractivity contribution in [3.8, 4) is 11.5 Å². The van der Waals surface area contributed by atoms with Gasteiger partial charge in [0.05, 0.1) is 24.9 Å². The number of hydrogen-bond acceptors (Lipinski definition) is 6. The van der Waals surface area contributed by atoms with E-state index in [4.69, 9.17) is 9.47 Å². The summed E-state index contributed by atoms with van der Waals surface area (Å²) in [5.74, 6) is 0.778. The van der Waals surface area contributed by atoms with Crippen molar-refractivity contribution in [1.29, 1.82) is 0 Å². The zero-order valence-corrected chi connectivity index (χ0v) is 17.2. The van der Waals surface area contributed by atoms with E-state index in [0.29, 0.717) is 43.0 Å². The van der Waals surface area contributed by atoms with E-state index >= 15 is 0 Å². The van der Waals surface area contributed by atoms with E-state index < -0.39 is 6.04 Å². The maximum atomic E-state index is 13.0. The first-order valence-corrected chi connectivity index (χ1v) is 10.1. The molecule has 1 fully saturated rings. The Kier molecular flexibility index (Phi) is 6.51. The average molecular weight is 404 g/mol. The van der Waals surface area contributed by atoms with Crippen LogP contribution in [0.3, 0.4) is 0 Å². The SMILES string of the molecule is COc1cc(OC)cc(C(=O)N2CCC[C@@H]2C(=O)NCCc2csc(C)n2)c1. The molecule has 0 saturated carbocycles. The molecular formula is C20H25N3O4S. The summed E-state index contributed by atoms with van der Waals surface area (Å²) in [6, 6.07) is 4.60. The molecule has 1 saturated heterocycles. The van der Waals surface area contributed by atoms with Crippen molar-refractivity contribution in [1.82, 2.24) is 15.2 Å². The van der Waals surface area contributed by atoms with Crippen LogP contribution in [0.15, 0.2) is 23.6 Å². The third-order valence-electron chi connectivity index (χ3n) is 4.76. The van der Waals surface area contributed by atoms with Crippen LogP contribution in [0.25, 0.3) is 0 Å². The van der Waals surface area contributed by atoms with Gasteiger partial charge in [-0.1, -0.05) is 0 Å². The Hall–Kier alpha value is -2.61. The van der Waals surface area contributed by atoms with E-state index in [0.717, 1.165) is 17.1 Å². The zero-order chi connectivity index (χ0) is 20.1. The Balaban J connectivity index is 1.64. The van der Waals surface area contributed by atoms with Crippen LogP contribution in [0.2, 0.25) is 0 Å². The molecule has 1 aliphatic heterocycles. The molecule has 0 bridgehead atoms. The summed E-state index contributed by atoms with van der Waals surface area (Å²) in [4.78, 5) is 31.7. The van der Waals surface area contributed by atoms with E-state index in [9.17, 15) is 9.59 Å². The summed E-state index contributed by atoms with van der Waals surface area (Å²) < 4.78 is 10.5. The molecule has 0 spiro atoms. The summed E-state index contributed by atoms with van der Waals surface area (Å²) in [5.41, 5.74) is 1.43. The molecule has 1 aromatic heterocycles. The highest BCUT2D eigenvalue weighted by atomic mass is 32.1. The lowest BCUT2D eigenvalue weighted by molar-refractivity contribution is -0.124. The van der Waals surface area contributed by atoms with Gasteiger partial charge in [-0.05, 0) is 31.9 Å². The molecule has 2 aromatic rings. The van der Waals surface area contributed by atoms with E-state index in [1.165, 1.54) is 0 Å². The zero-order valence-electron chi connectivity index (χ0n) is 16.4.